The van der Waals surface area contributed by atoms with Gasteiger partial charge in [-0.05, 0) is 18.9 Å². The standard InChI is InChI=1S/C15H22N2O3/c1-3-4-8-11(2)16-15(20)17-13(14(18)19)12-9-6-5-7-10-12/h5-7,9-11,13H,3-4,8H2,1-2H3,(H,18,19)(H2,16,17,20)/t11?,13-/m1/s1. The Morgan fingerprint density at radius 2 is 1.85 bits per heavy atom. The summed E-state index contributed by atoms with van der Waals surface area (Å²) in [6.07, 6.45) is 2.98. The largest absolute Gasteiger partial charge is 0.479 e. The van der Waals surface area contributed by atoms with Crippen molar-refractivity contribution in [3.8, 4) is 0 Å². The fraction of sp³-hybridized carbons (Fsp3) is 0.467. The van der Waals surface area contributed by atoms with Gasteiger partial charge >= 0.3 is 12.0 Å². The second-order valence-corrected chi connectivity index (χ2v) is 4.84. The van der Waals surface area contributed by atoms with E-state index in [1.807, 2.05) is 6.92 Å². The van der Waals surface area contributed by atoms with Gasteiger partial charge in [0.1, 0.15) is 0 Å². The van der Waals surface area contributed by atoms with Gasteiger partial charge in [-0.15, -0.1) is 0 Å². The Kier molecular flexibility index (Phi) is 6.56. The third-order valence-corrected chi connectivity index (χ3v) is 3.02. The molecule has 20 heavy (non-hydrogen) atoms. The van der Waals surface area contributed by atoms with Crippen LogP contribution in [0.3, 0.4) is 0 Å². The molecule has 1 aromatic carbocycles. The molecule has 0 saturated carbocycles. The summed E-state index contributed by atoms with van der Waals surface area (Å²) < 4.78 is 0. The first-order valence-electron chi connectivity index (χ1n) is 6.89. The zero-order valence-electron chi connectivity index (χ0n) is 11.9. The number of rotatable bonds is 7. The minimum Gasteiger partial charge on any atom is -0.479 e. The maximum atomic E-state index is 11.8. The molecule has 1 unspecified atom stereocenters. The Morgan fingerprint density at radius 1 is 1.20 bits per heavy atom. The number of hydrogen-bond donors (Lipinski definition) is 3. The minimum absolute atomic E-state index is 0.0279. The van der Waals surface area contributed by atoms with Crippen molar-refractivity contribution < 1.29 is 14.7 Å². The van der Waals surface area contributed by atoms with Gasteiger partial charge in [-0.3, -0.25) is 0 Å². The molecule has 5 heteroatoms. The quantitative estimate of drug-likeness (QED) is 0.717. The third kappa shape index (κ3) is 5.30. The van der Waals surface area contributed by atoms with E-state index < -0.39 is 18.0 Å². The summed E-state index contributed by atoms with van der Waals surface area (Å²) in [6, 6.07) is 7.19. The highest BCUT2D eigenvalue weighted by molar-refractivity contribution is 5.83. The molecule has 0 heterocycles. The molecular formula is C15H22N2O3. The highest BCUT2D eigenvalue weighted by atomic mass is 16.4. The van der Waals surface area contributed by atoms with Crippen molar-refractivity contribution in [1.29, 1.82) is 0 Å². The topological polar surface area (TPSA) is 78.4 Å². The van der Waals surface area contributed by atoms with Crippen LogP contribution in [0.5, 0.6) is 0 Å². The Balaban J connectivity index is 2.59. The Labute approximate surface area is 119 Å². The number of amides is 2. The predicted molar refractivity (Wildman–Crippen MR) is 77.5 cm³/mol. The lowest BCUT2D eigenvalue weighted by atomic mass is 10.1. The van der Waals surface area contributed by atoms with Crippen LogP contribution in [0.4, 0.5) is 4.79 Å². The molecule has 0 bridgehead atoms. The minimum atomic E-state index is -1.08. The number of carbonyl (C=O) groups excluding carboxylic acids is 1. The molecule has 1 rings (SSSR count). The lowest BCUT2D eigenvalue weighted by Gasteiger charge is -2.18. The molecule has 0 fully saturated rings. The Bertz CT molecular complexity index is 434. The van der Waals surface area contributed by atoms with Crippen LogP contribution in [0, 0.1) is 0 Å². The van der Waals surface area contributed by atoms with Crippen LogP contribution < -0.4 is 10.6 Å². The normalized spacial score (nSPS) is 13.3. The molecule has 0 aromatic heterocycles. The average Bonchev–Trinajstić information content (AvgIpc) is 2.43. The van der Waals surface area contributed by atoms with Crippen molar-refractivity contribution in [2.45, 2.75) is 45.2 Å². The zero-order chi connectivity index (χ0) is 15.0. The van der Waals surface area contributed by atoms with Gasteiger partial charge in [0.05, 0.1) is 0 Å². The molecule has 110 valence electrons. The average molecular weight is 278 g/mol. The second kappa shape index (κ2) is 8.19. The summed E-state index contributed by atoms with van der Waals surface area (Å²) >= 11 is 0. The summed E-state index contributed by atoms with van der Waals surface area (Å²) in [5, 5.41) is 14.5. The lowest BCUT2D eigenvalue weighted by molar-refractivity contribution is -0.139. The van der Waals surface area contributed by atoms with E-state index in [-0.39, 0.29) is 6.04 Å². The molecule has 1 aromatic rings. The second-order valence-electron chi connectivity index (χ2n) is 4.84. The van der Waals surface area contributed by atoms with Crippen LogP contribution in [0.1, 0.15) is 44.7 Å². The van der Waals surface area contributed by atoms with Gasteiger partial charge in [-0.2, -0.15) is 0 Å². The van der Waals surface area contributed by atoms with E-state index >= 15 is 0 Å². The van der Waals surface area contributed by atoms with Gasteiger partial charge in [0.15, 0.2) is 6.04 Å². The summed E-state index contributed by atoms with van der Waals surface area (Å²) in [7, 11) is 0. The number of urea groups is 1. The van der Waals surface area contributed by atoms with Crippen molar-refractivity contribution in [3.63, 3.8) is 0 Å². The van der Waals surface area contributed by atoms with Crippen molar-refractivity contribution in [3.05, 3.63) is 35.9 Å². The van der Waals surface area contributed by atoms with Crippen molar-refractivity contribution in [2.75, 3.05) is 0 Å². The van der Waals surface area contributed by atoms with Crippen LogP contribution >= 0.6 is 0 Å². The molecule has 5 nitrogen and oxygen atoms in total. The zero-order valence-corrected chi connectivity index (χ0v) is 11.9. The molecule has 2 amide bonds. The van der Waals surface area contributed by atoms with Crippen LogP contribution in [0.15, 0.2) is 30.3 Å². The van der Waals surface area contributed by atoms with E-state index in [0.29, 0.717) is 5.56 Å². The van der Waals surface area contributed by atoms with Crippen molar-refractivity contribution in [1.82, 2.24) is 10.6 Å². The fourth-order valence-electron chi connectivity index (χ4n) is 1.91. The highest BCUT2D eigenvalue weighted by Crippen LogP contribution is 2.12. The number of carbonyl (C=O) groups is 2. The first kappa shape index (κ1) is 16.0. The van der Waals surface area contributed by atoms with Gasteiger partial charge in [-0.25, -0.2) is 9.59 Å². The highest BCUT2D eigenvalue weighted by Gasteiger charge is 2.22. The predicted octanol–water partition coefficient (Wildman–Crippen LogP) is 2.69. The number of carboxylic acid groups (broad SMARTS) is 1. The number of aliphatic carboxylic acids is 1. The van der Waals surface area contributed by atoms with Gasteiger partial charge in [0.2, 0.25) is 0 Å². The number of unbranched alkanes of at least 4 members (excludes halogenated alkanes) is 1. The van der Waals surface area contributed by atoms with Gasteiger partial charge < -0.3 is 15.7 Å². The van der Waals surface area contributed by atoms with Crippen LogP contribution in [0.2, 0.25) is 0 Å². The first-order chi connectivity index (χ1) is 9.54. The third-order valence-electron chi connectivity index (χ3n) is 3.02. The van der Waals surface area contributed by atoms with E-state index in [4.69, 9.17) is 0 Å². The maximum absolute atomic E-state index is 11.8. The van der Waals surface area contributed by atoms with Gasteiger partial charge in [0.25, 0.3) is 0 Å². The smallest absolute Gasteiger partial charge is 0.330 e. The van der Waals surface area contributed by atoms with Gasteiger partial charge in [-0.1, -0.05) is 50.1 Å². The van der Waals surface area contributed by atoms with E-state index in [9.17, 15) is 14.7 Å². The maximum Gasteiger partial charge on any atom is 0.330 e. The van der Waals surface area contributed by atoms with E-state index in [1.165, 1.54) is 0 Å². The van der Waals surface area contributed by atoms with Crippen LogP contribution in [0.25, 0.3) is 0 Å². The molecular weight excluding hydrogens is 256 g/mol. The van der Waals surface area contributed by atoms with Crippen LogP contribution in [-0.4, -0.2) is 23.1 Å². The number of hydrogen-bond acceptors (Lipinski definition) is 2. The number of benzene rings is 1. The molecule has 0 spiro atoms. The molecule has 0 aliphatic heterocycles. The van der Waals surface area contributed by atoms with E-state index in [1.54, 1.807) is 30.3 Å². The van der Waals surface area contributed by atoms with E-state index in [0.717, 1.165) is 19.3 Å². The van der Waals surface area contributed by atoms with Crippen LogP contribution in [-0.2, 0) is 4.79 Å². The Hall–Kier alpha value is -2.04. The first-order valence-corrected chi connectivity index (χ1v) is 6.89. The summed E-state index contributed by atoms with van der Waals surface area (Å²) in [5.41, 5.74) is 0.552. The molecule has 3 N–H and O–H groups in total. The molecule has 2 atom stereocenters. The SMILES string of the molecule is CCCCC(C)NC(=O)N[C@@H](C(=O)O)c1ccccc1. The van der Waals surface area contributed by atoms with Gasteiger partial charge in [0, 0.05) is 6.04 Å². The number of carboxylic acids is 1. The summed E-state index contributed by atoms with van der Waals surface area (Å²) in [4.78, 5) is 23.1. The lowest BCUT2D eigenvalue weighted by Crippen LogP contribution is -2.44. The summed E-state index contributed by atoms with van der Waals surface area (Å²) in [6.45, 7) is 4.00. The molecule has 0 radical (unpaired) electrons. The fourth-order valence-corrected chi connectivity index (χ4v) is 1.91. The number of nitrogens with one attached hydrogen (secondary N) is 2. The van der Waals surface area contributed by atoms with Crippen molar-refractivity contribution in [2.24, 2.45) is 0 Å². The molecule has 0 aliphatic carbocycles. The Morgan fingerprint density at radius 3 is 2.40 bits per heavy atom. The molecule has 0 aliphatic rings. The van der Waals surface area contributed by atoms with Crippen molar-refractivity contribution >= 4 is 12.0 Å². The monoisotopic (exact) mass is 278 g/mol. The molecule has 0 saturated heterocycles. The van der Waals surface area contributed by atoms with E-state index in [2.05, 4.69) is 17.6 Å². The summed E-state index contributed by atoms with van der Waals surface area (Å²) in [5.74, 6) is -1.08.